The van der Waals surface area contributed by atoms with Gasteiger partial charge in [-0.3, -0.25) is 0 Å². The average molecular weight is 293 g/mol. The summed E-state index contributed by atoms with van der Waals surface area (Å²) in [5.74, 6) is 0.951. The molecular formula is C14H19N3O4. The van der Waals surface area contributed by atoms with E-state index in [1.807, 2.05) is 24.4 Å². The topological polar surface area (TPSA) is 109 Å². The van der Waals surface area contributed by atoms with Crippen molar-refractivity contribution in [2.24, 2.45) is 0 Å². The number of nitrogens with one attached hydrogen (secondary N) is 1. The van der Waals surface area contributed by atoms with Crippen LogP contribution in [0.25, 0.3) is 10.8 Å². The highest BCUT2D eigenvalue weighted by Gasteiger charge is 2.00. The monoisotopic (exact) mass is 293 g/mol. The lowest BCUT2D eigenvalue weighted by Gasteiger charge is -2.08. The molecule has 7 heteroatoms. The molecule has 0 unspecified atom stereocenters. The van der Waals surface area contributed by atoms with E-state index in [2.05, 4.69) is 22.4 Å². The molecule has 0 saturated heterocycles. The molecule has 0 fully saturated rings. The molecule has 2 aromatic rings. The summed E-state index contributed by atoms with van der Waals surface area (Å²) in [5.41, 5.74) is 0. The Labute approximate surface area is 122 Å². The van der Waals surface area contributed by atoms with Gasteiger partial charge in [-0.2, -0.15) is 0 Å². The fourth-order valence-corrected chi connectivity index (χ4v) is 1.88. The van der Waals surface area contributed by atoms with Crippen LogP contribution in [0.4, 0.5) is 5.82 Å². The average Bonchev–Trinajstić information content (AvgIpc) is 2.47. The lowest BCUT2D eigenvalue weighted by molar-refractivity contribution is -0.742. The highest BCUT2D eigenvalue weighted by atomic mass is 16.9. The molecule has 0 radical (unpaired) electrons. The third-order valence-corrected chi connectivity index (χ3v) is 2.80. The Morgan fingerprint density at radius 2 is 1.90 bits per heavy atom. The number of aliphatic hydroxyl groups excluding tert-OH is 1. The molecular weight excluding hydrogens is 274 g/mol. The van der Waals surface area contributed by atoms with Gasteiger partial charge in [-0.15, -0.1) is 10.1 Å². The molecule has 7 nitrogen and oxygen atoms in total. The Hall–Kier alpha value is -2.41. The van der Waals surface area contributed by atoms with Gasteiger partial charge in [0.2, 0.25) is 0 Å². The highest BCUT2D eigenvalue weighted by Crippen LogP contribution is 2.20. The van der Waals surface area contributed by atoms with Crippen LogP contribution in [-0.4, -0.2) is 33.5 Å². The smallest absolute Gasteiger partial charge is 0.291 e. The Morgan fingerprint density at radius 3 is 2.62 bits per heavy atom. The summed E-state index contributed by atoms with van der Waals surface area (Å²) in [5, 5.41) is 28.1. The zero-order chi connectivity index (χ0) is 15.5. The van der Waals surface area contributed by atoms with Crippen LogP contribution in [0.2, 0.25) is 0 Å². The van der Waals surface area contributed by atoms with Crippen molar-refractivity contribution in [2.75, 3.05) is 18.5 Å². The van der Waals surface area contributed by atoms with Gasteiger partial charge in [-0.25, -0.2) is 4.98 Å². The van der Waals surface area contributed by atoms with Crippen molar-refractivity contribution in [1.82, 2.24) is 4.98 Å². The molecule has 3 N–H and O–H groups in total. The predicted octanol–water partition coefficient (Wildman–Crippen LogP) is 2.46. The summed E-state index contributed by atoms with van der Waals surface area (Å²) < 4.78 is 0. The van der Waals surface area contributed by atoms with Crippen LogP contribution < -0.4 is 5.32 Å². The van der Waals surface area contributed by atoms with Crippen molar-refractivity contribution in [3.63, 3.8) is 0 Å². The minimum absolute atomic E-state index is 0.284. The van der Waals surface area contributed by atoms with Gasteiger partial charge >= 0.3 is 0 Å². The van der Waals surface area contributed by atoms with Crippen molar-refractivity contribution >= 4 is 16.6 Å². The highest BCUT2D eigenvalue weighted by molar-refractivity contribution is 5.91. The van der Waals surface area contributed by atoms with Crippen molar-refractivity contribution in [2.45, 2.75) is 19.3 Å². The standard InChI is InChI=1S/C14H18N2O.HNO3/c17-11-5-1-4-9-15-14-13-7-3-2-6-12(13)8-10-16-14;2-1(3)4/h2-3,6-8,10,17H,1,4-5,9,11H2,(H,15,16);(H,2,3,4). The summed E-state index contributed by atoms with van der Waals surface area (Å²) in [4.78, 5) is 12.7. The molecule has 0 amide bonds. The molecule has 0 aliphatic rings. The minimum atomic E-state index is -1.50. The Bertz CT molecular complexity index is 553. The minimum Gasteiger partial charge on any atom is -0.396 e. The van der Waals surface area contributed by atoms with Gasteiger partial charge in [0.25, 0.3) is 5.09 Å². The fourth-order valence-electron chi connectivity index (χ4n) is 1.88. The second-order valence-corrected chi connectivity index (χ2v) is 4.33. The predicted molar refractivity (Wildman–Crippen MR) is 80.0 cm³/mol. The molecule has 1 aromatic heterocycles. The Balaban J connectivity index is 0.000000491. The maximum Gasteiger partial charge on any atom is 0.291 e. The van der Waals surface area contributed by atoms with Crippen molar-refractivity contribution < 1.29 is 15.4 Å². The van der Waals surface area contributed by atoms with Gasteiger partial charge in [0, 0.05) is 24.7 Å². The number of anilines is 1. The van der Waals surface area contributed by atoms with E-state index < -0.39 is 5.09 Å². The quantitative estimate of drug-likeness (QED) is 0.429. The maximum atomic E-state index is 8.69. The number of pyridine rings is 1. The number of aromatic nitrogens is 1. The first kappa shape index (κ1) is 16.6. The van der Waals surface area contributed by atoms with Crippen molar-refractivity contribution in [1.29, 1.82) is 0 Å². The number of hydrogen-bond acceptors (Lipinski definition) is 5. The van der Waals surface area contributed by atoms with E-state index in [4.69, 9.17) is 20.4 Å². The molecule has 0 aliphatic heterocycles. The number of unbranched alkanes of at least 4 members (excludes halogenated alkanes) is 2. The number of rotatable bonds is 6. The van der Waals surface area contributed by atoms with E-state index in [0.29, 0.717) is 0 Å². The molecule has 114 valence electrons. The van der Waals surface area contributed by atoms with Gasteiger partial charge in [0.1, 0.15) is 5.82 Å². The van der Waals surface area contributed by atoms with Crippen LogP contribution in [-0.2, 0) is 0 Å². The summed E-state index contributed by atoms with van der Waals surface area (Å²) in [6, 6.07) is 10.3. The maximum absolute atomic E-state index is 8.69. The van der Waals surface area contributed by atoms with Crippen molar-refractivity contribution in [3.8, 4) is 0 Å². The van der Waals surface area contributed by atoms with E-state index in [0.717, 1.165) is 37.0 Å². The van der Waals surface area contributed by atoms with E-state index in [-0.39, 0.29) is 6.61 Å². The van der Waals surface area contributed by atoms with Gasteiger partial charge in [0.05, 0.1) is 0 Å². The summed E-state index contributed by atoms with van der Waals surface area (Å²) in [7, 11) is 0. The van der Waals surface area contributed by atoms with Crippen LogP contribution >= 0.6 is 0 Å². The van der Waals surface area contributed by atoms with E-state index >= 15 is 0 Å². The lowest BCUT2D eigenvalue weighted by atomic mass is 10.1. The molecule has 21 heavy (non-hydrogen) atoms. The molecule has 0 atom stereocenters. The Morgan fingerprint density at radius 1 is 1.19 bits per heavy atom. The molecule has 1 aromatic carbocycles. The van der Waals surface area contributed by atoms with Gasteiger partial charge in [-0.1, -0.05) is 24.3 Å². The van der Waals surface area contributed by atoms with E-state index in [1.165, 1.54) is 5.39 Å². The normalized spacial score (nSPS) is 9.76. The number of hydrogen-bond donors (Lipinski definition) is 3. The molecule has 0 saturated carbocycles. The summed E-state index contributed by atoms with van der Waals surface area (Å²) in [6.07, 6.45) is 4.82. The van der Waals surface area contributed by atoms with Crippen LogP contribution in [0.5, 0.6) is 0 Å². The van der Waals surface area contributed by atoms with E-state index in [9.17, 15) is 0 Å². The zero-order valence-corrected chi connectivity index (χ0v) is 11.6. The van der Waals surface area contributed by atoms with Crippen LogP contribution in [0.1, 0.15) is 19.3 Å². The fraction of sp³-hybridized carbons (Fsp3) is 0.357. The molecule has 1 heterocycles. The molecule has 2 rings (SSSR count). The zero-order valence-electron chi connectivity index (χ0n) is 11.6. The van der Waals surface area contributed by atoms with Crippen LogP contribution in [0.3, 0.4) is 0 Å². The van der Waals surface area contributed by atoms with E-state index in [1.54, 1.807) is 0 Å². The second-order valence-electron chi connectivity index (χ2n) is 4.33. The molecule has 0 bridgehead atoms. The second kappa shape index (κ2) is 9.49. The SMILES string of the molecule is O=[N+]([O-])O.OCCCCCNc1nccc2ccccc12. The van der Waals surface area contributed by atoms with Gasteiger partial charge in [-0.05, 0) is 30.7 Å². The van der Waals surface area contributed by atoms with Gasteiger partial charge in [0.15, 0.2) is 0 Å². The third kappa shape index (κ3) is 6.53. The third-order valence-electron chi connectivity index (χ3n) is 2.80. The summed E-state index contributed by atoms with van der Waals surface area (Å²) in [6.45, 7) is 1.19. The van der Waals surface area contributed by atoms with Crippen LogP contribution in [0.15, 0.2) is 36.5 Å². The van der Waals surface area contributed by atoms with Gasteiger partial charge < -0.3 is 15.6 Å². The summed E-state index contributed by atoms with van der Waals surface area (Å²) >= 11 is 0. The molecule has 0 aliphatic carbocycles. The first-order chi connectivity index (χ1) is 10.1. The van der Waals surface area contributed by atoms with Crippen LogP contribution in [0, 0.1) is 10.1 Å². The Kier molecular flexibility index (Phi) is 7.52. The largest absolute Gasteiger partial charge is 0.396 e. The number of fused-ring (bicyclic) bond motifs is 1. The number of aliphatic hydroxyl groups is 1. The van der Waals surface area contributed by atoms with Crippen molar-refractivity contribution in [3.05, 3.63) is 46.6 Å². The molecule has 0 spiro atoms. The first-order valence-electron chi connectivity index (χ1n) is 6.67. The lowest BCUT2D eigenvalue weighted by Crippen LogP contribution is -2.03. The first-order valence-corrected chi connectivity index (χ1v) is 6.67. The number of benzene rings is 1. The number of nitrogens with zero attached hydrogens (tertiary/aromatic N) is 2.